The average molecular weight is 181 g/mol. The van der Waals surface area contributed by atoms with Crippen LogP contribution in [-0.2, 0) is 0 Å². The van der Waals surface area contributed by atoms with Crippen LogP contribution < -0.4 is 5.73 Å². The van der Waals surface area contributed by atoms with Crippen molar-refractivity contribution in [3.8, 4) is 0 Å². The molecule has 0 spiro atoms. The Balaban J connectivity index is 2.59. The van der Waals surface area contributed by atoms with Gasteiger partial charge in [-0.25, -0.2) is 0 Å². The second-order valence-corrected chi connectivity index (χ2v) is 3.43. The lowest BCUT2D eigenvalue weighted by atomic mass is 9.79. The molecule has 2 N–H and O–H groups in total. The monoisotopic (exact) mass is 181 g/mol. The molecule has 2 atom stereocenters. The van der Waals surface area contributed by atoms with Gasteiger partial charge in [-0.15, -0.1) is 0 Å². The van der Waals surface area contributed by atoms with E-state index in [1.54, 1.807) is 0 Å². The van der Waals surface area contributed by atoms with Gasteiger partial charge in [-0.05, 0) is 25.3 Å². The Morgan fingerprint density at radius 3 is 2.17 bits per heavy atom. The Kier molecular flexibility index (Phi) is 2.99. The van der Waals surface area contributed by atoms with Crippen LogP contribution in [0.25, 0.3) is 0 Å². The minimum atomic E-state index is -4.04. The van der Waals surface area contributed by atoms with Gasteiger partial charge >= 0.3 is 6.18 Å². The van der Waals surface area contributed by atoms with E-state index in [1.165, 1.54) is 0 Å². The summed E-state index contributed by atoms with van der Waals surface area (Å²) in [5.41, 5.74) is 5.29. The Hall–Kier alpha value is -0.250. The number of halogens is 3. The average Bonchev–Trinajstić information content (AvgIpc) is 2.03. The zero-order chi connectivity index (χ0) is 9.19. The summed E-state index contributed by atoms with van der Waals surface area (Å²) in [6.45, 7) is 0.171. The summed E-state index contributed by atoms with van der Waals surface area (Å²) in [6, 6.07) is 0. The quantitative estimate of drug-likeness (QED) is 0.660. The molecule has 0 aromatic rings. The van der Waals surface area contributed by atoms with Crippen LogP contribution in [0.4, 0.5) is 13.2 Å². The highest BCUT2D eigenvalue weighted by molar-refractivity contribution is 4.80. The molecule has 12 heavy (non-hydrogen) atoms. The predicted octanol–water partition coefficient (Wildman–Crippen LogP) is 2.31. The molecule has 0 heterocycles. The normalized spacial score (nSPS) is 32.0. The van der Waals surface area contributed by atoms with Crippen LogP contribution in [-0.4, -0.2) is 12.7 Å². The minimum Gasteiger partial charge on any atom is -0.330 e. The lowest BCUT2D eigenvalue weighted by molar-refractivity contribution is -0.195. The van der Waals surface area contributed by atoms with Gasteiger partial charge < -0.3 is 5.73 Å². The van der Waals surface area contributed by atoms with Crippen LogP contribution in [0.1, 0.15) is 25.7 Å². The second-order valence-electron chi connectivity index (χ2n) is 3.43. The first-order chi connectivity index (χ1) is 5.55. The van der Waals surface area contributed by atoms with E-state index < -0.39 is 12.1 Å². The molecule has 0 aromatic carbocycles. The molecule has 0 saturated heterocycles. The molecule has 1 rings (SSSR count). The van der Waals surface area contributed by atoms with Crippen molar-refractivity contribution in [2.75, 3.05) is 6.54 Å². The molecule has 0 bridgehead atoms. The standard InChI is InChI=1S/C8H14F3N/c9-8(10,11)7-4-2-1-3-6(7)5-12/h6-7H,1-5,12H2. The molecular formula is C8H14F3N. The van der Waals surface area contributed by atoms with Crippen molar-refractivity contribution in [2.45, 2.75) is 31.9 Å². The summed E-state index contributed by atoms with van der Waals surface area (Å²) < 4.78 is 37.0. The van der Waals surface area contributed by atoms with Crippen molar-refractivity contribution in [2.24, 2.45) is 17.6 Å². The predicted molar refractivity (Wildman–Crippen MR) is 40.6 cm³/mol. The first-order valence-electron chi connectivity index (χ1n) is 4.32. The van der Waals surface area contributed by atoms with Crippen LogP contribution in [0.2, 0.25) is 0 Å². The smallest absolute Gasteiger partial charge is 0.330 e. The summed E-state index contributed by atoms with van der Waals surface area (Å²) in [4.78, 5) is 0. The second kappa shape index (κ2) is 3.64. The maximum atomic E-state index is 12.3. The van der Waals surface area contributed by atoms with E-state index in [0.29, 0.717) is 12.8 Å². The van der Waals surface area contributed by atoms with Crippen LogP contribution in [0, 0.1) is 11.8 Å². The number of hydrogen-bond donors (Lipinski definition) is 1. The summed E-state index contributed by atoms with van der Waals surface area (Å²) in [5.74, 6) is -1.48. The minimum absolute atomic E-state index is 0.171. The van der Waals surface area contributed by atoms with E-state index in [-0.39, 0.29) is 18.9 Å². The Morgan fingerprint density at radius 2 is 1.75 bits per heavy atom. The summed E-state index contributed by atoms with van der Waals surface area (Å²) in [6.07, 6.45) is -1.54. The van der Waals surface area contributed by atoms with Crippen molar-refractivity contribution >= 4 is 0 Å². The molecule has 0 radical (unpaired) electrons. The molecule has 2 unspecified atom stereocenters. The van der Waals surface area contributed by atoms with Gasteiger partial charge in [-0.2, -0.15) is 13.2 Å². The number of hydrogen-bond acceptors (Lipinski definition) is 1. The molecule has 0 aliphatic heterocycles. The molecular weight excluding hydrogens is 167 g/mol. The van der Waals surface area contributed by atoms with E-state index in [0.717, 1.165) is 6.42 Å². The zero-order valence-corrected chi connectivity index (χ0v) is 6.90. The van der Waals surface area contributed by atoms with Crippen LogP contribution >= 0.6 is 0 Å². The van der Waals surface area contributed by atoms with Crippen LogP contribution in [0.5, 0.6) is 0 Å². The molecule has 0 aromatic heterocycles. The largest absolute Gasteiger partial charge is 0.392 e. The molecule has 4 heteroatoms. The number of rotatable bonds is 1. The van der Waals surface area contributed by atoms with E-state index >= 15 is 0 Å². The fraction of sp³-hybridized carbons (Fsp3) is 1.00. The van der Waals surface area contributed by atoms with Gasteiger partial charge in [0.15, 0.2) is 0 Å². The van der Waals surface area contributed by atoms with Gasteiger partial charge in [0.2, 0.25) is 0 Å². The molecule has 1 nitrogen and oxygen atoms in total. The van der Waals surface area contributed by atoms with E-state index in [2.05, 4.69) is 0 Å². The Bertz CT molecular complexity index is 144. The fourth-order valence-electron chi connectivity index (χ4n) is 1.92. The number of alkyl halides is 3. The first kappa shape index (κ1) is 9.84. The molecule has 1 fully saturated rings. The van der Waals surface area contributed by atoms with Crippen LogP contribution in [0.15, 0.2) is 0 Å². The third-order valence-corrected chi connectivity index (χ3v) is 2.63. The van der Waals surface area contributed by atoms with Crippen molar-refractivity contribution in [1.29, 1.82) is 0 Å². The topological polar surface area (TPSA) is 26.0 Å². The Morgan fingerprint density at radius 1 is 1.17 bits per heavy atom. The molecule has 1 aliphatic carbocycles. The summed E-state index contributed by atoms with van der Waals surface area (Å²) in [5, 5.41) is 0. The van der Waals surface area contributed by atoms with Crippen molar-refractivity contribution in [1.82, 2.24) is 0 Å². The molecule has 72 valence electrons. The van der Waals surface area contributed by atoms with Gasteiger partial charge in [-0.3, -0.25) is 0 Å². The van der Waals surface area contributed by atoms with E-state index in [9.17, 15) is 13.2 Å². The van der Waals surface area contributed by atoms with E-state index in [1.807, 2.05) is 0 Å². The molecule has 0 amide bonds. The highest BCUT2D eigenvalue weighted by Crippen LogP contribution is 2.40. The third kappa shape index (κ3) is 2.12. The SMILES string of the molecule is NCC1CCCCC1C(F)(F)F. The van der Waals surface area contributed by atoms with Gasteiger partial charge in [0.1, 0.15) is 0 Å². The molecule has 1 saturated carbocycles. The van der Waals surface area contributed by atoms with Crippen LogP contribution in [0.3, 0.4) is 0 Å². The molecule has 1 aliphatic rings. The maximum Gasteiger partial charge on any atom is 0.392 e. The van der Waals surface area contributed by atoms with Crippen molar-refractivity contribution in [3.05, 3.63) is 0 Å². The van der Waals surface area contributed by atoms with Crippen molar-refractivity contribution < 1.29 is 13.2 Å². The van der Waals surface area contributed by atoms with Gasteiger partial charge in [0.05, 0.1) is 5.92 Å². The lowest BCUT2D eigenvalue weighted by Gasteiger charge is -2.31. The van der Waals surface area contributed by atoms with Gasteiger partial charge in [-0.1, -0.05) is 12.8 Å². The highest BCUT2D eigenvalue weighted by atomic mass is 19.4. The van der Waals surface area contributed by atoms with Gasteiger partial charge in [0, 0.05) is 0 Å². The van der Waals surface area contributed by atoms with E-state index in [4.69, 9.17) is 5.73 Å². The number of nitrogens with two attached hydrogens (primary N) is 1. The van der Waals surface area contributed by atoms with Gasteiger partial charge in [0.25, 0.3) is 0 Å². The highest BCUT2D eigenvalue weighted by Gasteiger charge is 2.44. The maximum absolute atomic E-state index is 12.3. The third-order valence-electron chi connectivity index (χ3n) is 2.63. The van der Waals surface area contributed by atoms with Crippen molar-refractivity contribution in [3.63, 3.8) is 0 Å². The zero-order valence-electron chi connectivity index (χ0n) is 6.90. The fourth-order valence-corrected chi connectivity index (χ4v) is 1.92. The summed E-state index contributed by atoms with van der Waals surface area (Å²) >= 11 is 0. The Labute approximate surface area is 70.1 Å². The lowest BCUT2D eigenvalue weighted by Crippen LogP contribution is -2.36. The summed E-state index contributed by atoms with van der Waals surface area (Å²) in [7, 11) is 0. The first-order valence-corrected chi connectivity index (χ1v) is 4.32.